The number of sulfonamides is 1. The number of likely N-dealkylation sites (N-methyl/N-ethyl adjacent to an activating group) is 1. The van der Waals surface area contributed by atoms with Crippen molar-refractivity contribution in [2.75, 3.05) is 50.0 Å². The van der Waals surface area contributed by atoms with Crippen molar-refractivity contribution in [3.05, 3.63) is 33.1 Å². The van der Waals surface area contributed by atoms with Crippen LogP contribution in [0.1, 0.15) is 0 Å². The fraction of sp³-hybridized carbons (Fsp3) is 0.375. The summed E-state index contributed by atoms with van der Waals surface area (Å²) in [6.45, 7) is 3.61. The van der Waals surface area contributed by atoms with Gasteiger partial charge in [0, 0.05) is 30.7 Å². The van der Waals surface area contributed by atoms with Gasteiger partial charge in [0.1, 0.15) is 14.3 Å². The molecule has 0 amide bonds. The van der Waals surface area contributed by atoms with Crippen LogP contribution >= 0.6 is 38.9 Å². The van der Waals surface area contributed by atoms with Gasteiger partial charge in [-0.1, -0.05) is 11.6 Å². The van der Waals surface area contributed by atoms with Crippen molar-refractivity contribution in [3.63, 3.8) is 0 Å². The second-order valence-electron chi connectivity index (χ2n) is 5.97. The van der Waals surface area contributed by atoms with Crippen molar-refractivity contribution >= 4 is 60.3 Å². The number of thiophene rings is 1. The van der Waals surface area contributed by atoms with E-state index in [0.29, 0.717) is 14.5 Å². The number of nitrogens with zero attached hydrogens (tertiary/aromatic N) is 2. The number of anilines is 2. The number of hydrogen-bond donors (Lipinski definition) is 1. The van der Waals surface area contributed by atoms with Crippen LogP contribution in [-0.4, -0.2) is 53.7 Å². The first-order valence-corrected chi connectivity index (χ1v) is 11.4. The third kappa shape index (κ3) is 4.28. The monoisotopic (exact) mass is 479 g/mol. The molecule has 2 heterocycles. The van der Waals surface area contributed by atoms with E-state index in [2.05, 4.69) is 37.5 Å². The Morgan fingerprint density at radius 1 is 1.23 bits per heavy atom. The largest absolute Gasteiger partial charge is 0.495 e. The lowest BCUT2D eigenvalue weighted by Gasteiger charge is -2.34. The van der Waals surface area contributed by atoms with Crippen LogP contribution in [0.4, 0.5) is 11.4 Å². The van der Waals surface area contributed by atoms with Crippen LogP contribution in [0.25, 0.3) is 0 Å². The number of piperazine rings is 1. The van der Waals surface area contributed by atoms with E-state index in [1.54, 1.807) is 19.2 Å². The van der Waals surface area contributed by atoms with Gasteiger partial charge >= 0.3 is 0 Å². The summed E-state index contributed by atoms with van der Waals surface area (Å²) in [4.78, 5) is 4.46. The molecule has 0 atom stereocenters. The van der Waals surface area contributed by atoms with Gasteiger partial charge in [0.2, 0.25) is 0 Å². The van der Waals surface area contributed by atoms with Gasteiger partial charge in [0.25, 0.3) is 10.0 Å². The van der Waals surface area contributed by atoms with Crippen molar-refractivity contribution in [2.45, 2.75) is 4.21 Å². The van der Waals surface area contributed by atoms with Gasteiger partial charge in [-0.2, -0.15) is 0 Å². The first kappa shape index (κ1) is 19.8. The fourth-order valence-electron chi connectivity index (χ4n) is 2.71. The molecular formula is C16H19BrClN3O3S2. The molecule has 26 heavy (non-hydrogen) atoms. The smallest absolute Gasteiger partial charge is 0.271 e. The van der Waals surface area contributed by atoms with Gasteiger partial charge in [-0.25, -0.2) is 8.42 Å². The molecule has 2 aromatic rings. The highest BCUT2D eigenvalue weighted by atomic mass is 79.9. The van der Waals surface area contributed by atoms with Crippen LogP contribution in [0, 0.1) is 0 Å². The van der Waals surface area contributed by atoms with E-state index >= 15 is 0 Å². The number of halogens is 2. The molecule has 1 aromatic carbocycles. The number of nitrogens with one attached hydrogen (secondary N) is 1. The average molecular weight is 481 g/mol. The molecule has 3 rings (SSSR count). The predicted octanol–water partition coefficient (Wildman–Crippen LogP) is 3.73. The van der Waals surface area contributed by atoms with Crippen LogP contribution < -0.4 is 14.4 Å². The zero-order valence-electron chi connectivity index (χ0n) is 14.3. The lowest BCUT2D eigenvalue weighted by molar-refractivity contribution is 0.311. The van der Waals surface area contributed by atoms with Gasteiger partial charge in [-0.05, 0) is 47.2 Å². The van der Waals surface area contributed by atoms with E-state index in [4.69, 9.17) is 16.3 Å². The zero-order chi connectivity index (χ0) is 18.9. The van der Waals surface area contributed by atoms with Crippen molar-refractivity contribution in [1.82, 2.24) is 4.90 Å². The SMILES string of the molecule is COc1ccc(NS(=O)(=O)c2cc(Br)c(Cl)s2)cc1N1CCN(C)CC1. The summed E-state index contributed by atoms with van der Waals surface area (Å²) in [5.74, 6) is 0.722. The minimum atomic E-state index is -3.70. The molecule has 142 valence electrons. The van der Waals surface area contributed by atoms with Crippen LogP contribution in [0.5, 0.6) is 5.75 Å². The van der Waals surface area contributed by atoms with E-state index in [1.165, 1.54) is 6.07 Å². The summed E-state index contributed by atoms with van der Waals surface area (Å²) >= 11 is 10.2. The molecule has 0 saturated carbocycles. The molecule has 1 aliphatic heterocycles. The number of methoxy groups -OCH3 is 1. The topological polar surface area (TPSA) is 61.9 Å². The third-order valence-corrected chi connectivity index (χ3v) is 8.49. The Kier molecular flexibility index (Phi) is 6.03. The summed E-state index contributed by atoms with van der Waals surface area (Å²) in [6.07, 6.45) is 0. The van der Waals surface area contributed by atoms with E-state index in [9.17, 15) is 8.42 Å². The van der Waals surface area contributed by atoms with E-state index < -0.39 is 10.0 Å². The maximum Gasteiger partial charge on any atom is 0.271 e. The molecule has 1 N–H and O–H groups in total. The lowest BCUT2D eigenvalue weighted by Crippen LogP contribution is -2.44. The molecule has 1 saturated heterocycles. The molecule has 1 fully saturated rings. The molecule has 1 aliphatic rings. The average Bonchev–Trinajstić information content (AvgIpc) is 2.95. The van der Waals surface area contributed by atoms with Crippen LogP contribution in [0.15, 0.2) is 32.9 Å². The van der Waals surface area contributed by atoms with Crippen LogP contribution in [0.3, 0.4) is 0 Å². The molecule has 0 unspecified atom stereocenters. The van der Waals surface area contributed by atoms with Crippen LogP contribution in [-0.2, 0) is 10.0 Å². The number of ether oxygens (including phenoxy) is 1. The number of benzene rings is 1. The predicted molar refractivity (Wildman–Crippen MR) is 111 cm³/mol. The van der Waals surface area contributed by atoms with Gasteiger partial charge in [-0.3, -0.25) is 4.72 Å². The molecule has 10 heteroatoms. The molecule has 1 aromatic heterocycles. The highest BCUT2D eigenvalue weighted by molar-refractivity contribution is 9.10. The van der Waals surface area contributed by atoms with Crippen molar-refractivity contribution in [3.8, 4) is 5.75 Å². The molecule has 6 nitrogen and oxygen atoms in total. The van der Waals surface area contributed by atoms with Gasteiger partial charge in [0.05, 0.1) is 18.5 Å². The van der Waals surface area contributed by atoms with Gasteiger partial charge < -0.3 is 14.5 Å². The van der Waals surface area contributed by atoms with E-state index in [0.717, 1.165) is 49.0 Å². The van der Waals surface area contributed by atoms with Gasteiger partial charge in [-0.15, -0.1) is 11.3 Å². The summed E-state index contributed by atoms with van der Waals surface area (Å²) in [7, 11) is -0.00260. The van der Waals surface area contributed by atoms with Gasteiger partial charge in [0.15, 0.2) is 0 Å². The van der Waals surface area contributed by atoms with Crippen molar-refractivity contribution < 1.29 is 13.2 Å². The summed E-state index contributed by atoms with van der Waals surface area (Å²) in [6, 6.07) is 6.79. The molecule has 0 radical (unpaired) electrons. The Morgan fingerprint density at radius 3 is 2.50 bits per heavy atom. The Hall–Kier alpha value is -1.000. The third-order valence-electron chi connectivity index (χ3n) is 4.16. The maximum absolute atomic E-state index is 12.6. The van der Waals surface area contributed by atoms with E-state index in [-0.39, 0.29) is 4.21 Å². The normalized spacial score (nSPS) is 15.9. The Bertz CT molecular complexity index is 877. The van der Waals surface area contributed by atoms with Crippen molar-refractivity contribution in [2.24, 2.45) is 0 Å². The van der Waals surface area contributed by atoms with Crippen LogP contribution in [0.2, 0.25) is 4.34 Å². The standard InChI is InChI=1S/C16H19BrClN3O3S2/c1-20-5-7-21(8-6-20)13-9-11(3-4-14(13)24-2)19-26(22,23)15-10-12(17)16(18)25-15/h3-4,9-10,19H,5-8H2,1-2H3. The molecule has 0 bridgehead atoms. The lowest BCUT2D eigenvalue weighted by atomic mass is 10.2. The molecular weight excluding hydrogens is 462 g/mol. The number of rotatable bonds is 5. The summed E-state index contributed by atoms with van der Waals surface area (Å²) in [5.41, 5.74) is 1.37. The second-order valence-corrected chi connectivity index (χ2v) is 10.4. The highest BCUT2D eigenvalue weighted by Crippen LogP contribution is 2.36. The Morgan fingerprint density at radius 2 is 1.92 bits per heavy atom. The Balaban J connectivity index is 1.87. The minimum absolute atomic E-state index is 0.159. The molecule has 0 aliphatic carbocycles. The van der Waals surface area contributed by atoms with E-state index in [1.807, 2.05) is 6.07 Å². The maximum atomic E-state index is 12.6. The fourth-order valence-corrected chi connectivity index (χ4v) is 6.06. The minimum Gasteiger partial charge on any atom is -0.495 e. The summed E-state index contributed by atoms with van der Waals surface area (Å²) in [5, 5.41) is 0. The first-order chi connectivity index (χ1) is 12.3. The quantitative estimate of drug-likeness (QED) is 0.707. The summed E-state index contributed by atoms with van der Waals surface area (Å²) < 4.78 is 34.5. The highest BCUT2D eigenvalue weighted by Gasteiger charge is 2.22. The number of hydrogen-bond acceptors (Lipinski definition) is 6. The second kappa shape index (κ2) is 7.93. The molecule has 0 spiro atoms. The Labute approximate surface area is 170 Å². The first-order valence-electron chi connectivity index (χ1n) is 7.89. The zero-order valence-corrected chi connectivity index (χ0v) is 18.3. The van der Waals surface area contributed by atoms with Crippen molar-refractivity contribution in [1.29, 1.82) is 0 Å².